The Kier molecular flexibility index (Phi) is 5.69. The van der Waals surface area contributed by atoms with Crippen molar-refractivity contribution in [3.05, 3.63) is 46.5 Å². The lowest BCUT2D eigenvalue weighted by atomic mass is 10.2. The van der Waals surface area contributed by atoms with Gasteiger partial charge in [-0.15, -0.1) is 0 Å². The molecule has 0 saturated carbocycles. The fraction of sp³-hybridized carbons (Fsp3) is 0.278. The molecule has 0 fully saturated rings. The van der Waals surface area contributed by atoms with E-state index in [4.69, 9.17) is 9.47 Å². The van der Waals surface area contributed by atoms with Crippen molar-refractivity contribution in [2.45, 2.75) is 20.0 Å². The Hall–Kier alpha value is -3.27. The van der Waals surface area contributed by atoms with Crippen molar-refractivity contribution in [1.29, 1.82) is 0 Å². The Balaban J connectivity index is 2.12. The summed E-state index contributed by atoms with van der Waals surface area (Å²) in [6.07, 6.45) is 1.69. The maximum atomic E-state index is 12.5. The Morgan fingerprint density at radius 3 is 2.61 bits per heavy atom. The van der Waals surface area contributed by atoms with Crippen LogP contribution in [-0.2, 0) is 27.4 Å². The van der Waals surface area contributed by atoms with E-state index in [9.17, 15) is 14.4 Å². The molecule has 0 spiro atoms. The summed E-state index contributed by atoms with van der Waals surface area (Å²) in [6, 6.07) is 6.48. The average molecular weight is 402 g/mol. The van der Waals surface area contributed by atoms with Gasteiger partial charge in [0.1, 0.15) is 6.54 Å². The fourth-order valence-corrected chi connectivity index (χ4v) is 3.61. The number of esters is 2. The Morgan fingerprint density at radius 2 is 1.96 bits per heavy atom. The highest BCUT2D eigenvalue weighted by molar-refractivity contribution is 7.16. The van der Waals surface area contributed by atoms with Gasteiger partial charge in [0.2, 0.25) is 0 Å². The number of ether oxygens (including phenoxy) is 2. The third kappa shape index (κ3) is 3.86. The molecule has 2 aromatic heterocycles. The minimum atomic E-state index is -0.523. The lowest BCUT2D eigenvalue weighted by Gasteiger charge is -2.04. The predicted octanol–water partition coefficient (Wildman–Crippen LogP) is 1.62. The first-order chi connectivity index (χ1) is 13.5. The molecule has 9 nitrogen and oxygen atoms in total. The second-order valence-electron chi connectivity index (χ2n) is 5.69. The zero-order valence-corrected chi connectivity index (χ0v) is 16.4. The second kappa shape index (κ2) is 8.17. The summed E-state index contributed by atoms with van der Waals surface area (Å²) in [5, 5.41) is 4.15. The number of benzene rings is 1. The molecule has 3 rings (SSSR count). The van der Waals surface area contributed by atoms with E-state index in [0.717, 1.165) is 0 Å². The van der Waals surface area contributed by atoms with Crippen molar-refractivity contribution in [2.24, 2.45) is 4.99 Å². The Bertz CT molecular complexity index is 1120. The van der Waals surface area contributed by atoms with Gasteiger partial charge in [0.25, 0.3) is 5.91 Å². The number of aromatic nitrogens is 3. The summed E-state index contributed by atoms with van der Waals surface area (Å²) in [5.74, 6) is -1.49. The average Bonchev–Trinajstić information content (AvgIpc) is 3.32. The highest BCUT2D eigenvalue weighted by Gasteiger charge is 2.15. The molecular formula is C18H18N4O5S. The van der Waals surface area contributed by atoms with Crippen LogP contribution in [0.25, 0.3) is 10.2 Å². The molecule has 0 N–H and O–H groups in total. The molecule has 0 atom stereocenters. The summed E-state index contributed by atoms with van der Waals surface area (Å²) in [4.78, 5) is 40.6. The van der Waals surface area contributed by atoms with Crippen LogP contribution >= 0.6 is 11.3 Å². The van der Waals surface area contributed by atoms with Crippen LogP contribution in [0.4, 0.5) is 0 Å². The third-order valence-electron chi connectivity index (χ3n) is 4.00. The van der Waals surface area contributed by atoms with Crippen LogP contribution in [0.15, 0.2) is 35.5 Å². The number of hydrogen-bond acceptors (Lipinski definition) is 7. The Morgan fingerprint density at radius 1 is 1.18 bits per heavy atom. The number of fused-ring (bicyclic) bond motifs is 1. The minimum absolute atomic E-state index is 0.121. The molecule has 2 heterocycles. The lowest BCUT2D eigenvalue weighted by molar-refractivity contribution is -0.141. The molecule has 0 aliphatic rings. The molecule has 1 aromatic carbocycles. The topological polar surface area (TPSA) is 105 Å². The van der Waals surface area contributed by atoms with Crippen molar-refractivity contribution in [2.75, 3.05) is 14.2 Å². The first-order valence-corrected chi connectivity index (χ1v) is 9.19. The third-order valence-corrected chi connectivity index (χ3v) is 5.04. The molecule has 146 valence electrons. The lowest BCUT2D eigenvalue weighted by Crippen LogP contribution is -2.22. The van der Waals surface area contributed by atoms with E-state index >= 15 is 0 Å². The number of amides is 1. The van der Waals surface area contributed by atoms with E-state index < -0.39 is 17.8 Å². The first kappa shape index (κ1) is 19.5. The summed E-state index contributed by atoms with van der Waals surface area (Å²) in [6.45, 7) is 2.42. The standard InChI is InChI=1S/C18H18N4O5S/c1-4-21-8-7-12(20-21)16(24)19-18-22(10-15(23)26-2)13-6-5-11(17(25)27-3)9-14(13)28-18/h5-9H,4,10H2,1-3H3. The smallest absolute Gasteiger partial charge is 0.337 e. The molecule has 10 heteroatoms. The van der Waals surface area contributed by atoms with Crippen LogP contribution in [0.5, 0.6) is 0 Å². The van der Waals surface area contributed by atoms with Crippen LogP contribution in [0, 0.1) is 0 Å². The number of carbonyl (C=O) groups excluding carboxylic acids is 3. The van der Waals surface area contributed by atoms with Crippen molar-refractivity contribution in [3.63, 3.8) is 0 Å². The van der Waals surface area contributed by atoms with Crippen LogP contribution in [-0.4, -0.2) is 46.4 Å². The zero-order chi connectivity index (χ0) is 20.3. The van der Waals surface area contributed by atoms with E-state index in [2.05, 4.69) is 10.1 Å². The first-order valence-electron chi connectivity index (χ1n) is 8.37. The highest BCUT2D eigenvalue weighted by atomic mass is 32.1. The molecule has 3 aromatic rings. The summed E-state index contributed by atoms with van der Waals surface area (Å²) in [5.41, 5.74) is 1.22. The van der Waals surface area contributed by atoms with Crippen molar-refractivity contribution in [3.8, 4) is 0 Å². The van der Waals surface area contributed by atoms with Crippen LogP contribution in [0.1, 0.15) is 27.8 Å². The van der Waals surface area contributed by atoms with Crippen LogP contribution in [0.3, 0.4) is 0 Å². The van der Waals surface area contributed by atoms with E-state index in [-0.39, 0.29) is 12.2 Å². The van der Waals surface area contributed by atoms with E-state index in [1.54, 1.807) is 39.7 Å². The summed E-state index contributed by atoms with van der Waals surface area (Å²) in [7, 11) is 2.58. The number of hydrogen-bond donors (Lipinski definition) is 0. The van der Waals surface area contributed by atoms with E-state index in [1.165, 1.54) is 25.6 Å². The predicted molar refractivity (Wildman–Crippen MR) is 101 cm³/mol. The van der Waals surface area contributed by atoms with Gasteiger partial charge in [-0.1, -0.05) is 11.3 Å². The number of nitrogens with zero attached hydrogens (tertiary/aromatic N) is 4. The number of aryl methyl sites for hydroxylation is 1. The zero-order valence-electron chi connectivity index (χ0n) is 15.5. The van der Waals surface area contributed by atoms with Gasteiger partial charge in [0.15, 0.2) is 10.5 Å². The SMILES string of the molecule is CCn1ccc(C(=O)N=c2sc3cc(C(=O)OC)ccc3n2CC(=O)OC)n1. The van der Waals surface area contributed by atoms with Crippen LogP contribution < -0.4 is 4.80 Å². The molecule has 0 aliphatic carbocycles. The van der Waals surface area contributed by atoms with Gasteiger partial charge in [0, 0.05) is 12.7 Å². The number of thiazole rings is 1. The van der Waals surface area contributed by atoms with Crippen molar-refractivity contribution < 1.29 is 23.9 Å². The second-order valence-corrected chi connectivity index (χ2v) is 6.70. The summed E-state index contributed by atoms with van der Waals surface area (Å²) < 4.78 is 13.4. The van der Waals surface area contributed by atoms with Gasteiger partial charge in [-0.2, -0.15) is 10.1 Å². The number of rotatable bonds is 5. The molecule has 28 heavy (non-hydrogen) atoms. The summed E-state index contributed by atoms with van der Waals surface area (Å²) >= 11 is 1.18. The molecule has 0 bridgehead atoms. The minimum Gasteiger partial charge on any atom is -0.468 e. The molecule has 0 unspecified atom stereocenters. The number of methoxy groups -OCH3 is 2. The van der Waals surface area contributed by atoms with Crippen molar-refractivity contribution >= 4 is 39.4 Å². The van der Waals surface area contributed by atoms with Crippen molar-refractivity contribution in [1.82, 2.24) is 14.3 Å². The highest BCUT2D eigenvalue weighted by Crippen LogP contribution is 2.20. The largest absolute Gasteiger partial charge is 0.468 e. The van der Waals surface area contributed by atoms with Gasteiger partial charge in [-0.05, 0) is 31.2 Å². The van der Waals surface area contributed by atoms with Gasteiger partial charge in [-0.25, -0.2) is 4.79 Å². The van der Waals surface area contributed by atoms with Gasteiger partial charge in [-0.3, -0.25) is 14.3 Å². The van der Waals surface area contributed by atoms with Gasteiger partial charge < -0.3 is 14.0 Å². The van der Waals surface area contributed by atoms with Gasteiger partial charge in [0.05, 0.1) is 30.0 Å². The fourth-order valence-electron chi connectivity index (χ4n) is 2.55. The monoisotopic (exact) mass is 402 g/mol. The molecular weight excluding hydrogens is 384 g/mol. The quantitative estimate of drug-likeness (QED) is 0.601. The van der Waals surface area contributed by atoms with E-state index in [0.29, 0.717) is 27.1 Å². The molecule has 1 amide bonds. The maximum Gasteiger partial charge on any atom is 0.337 e. The van der Waals surface area contributed by atoms with E-state index in [1.807, 2.05) is 6.92 Å². The normalized spacial score (nSPS) is 11.6. The van der Waals surface area contributed by atoms with Gasteiger partial charge >= 0.3 is 11.9 Å². The molecule has 0 saturated heterocycles. The number of carbonyl (C=O) groups is 3. The molecule has 0 radical (unpaired) electrons. The molecule has 0 aliphatic heterocycles. The Labute approximate surface area is 163 Å². The maximum absolute atomic E-state index is 12.5. The van der Waals surface area contributed by atoms with Crippen LogP contribution in [0.2, 0.25) is 0 Å².